The second kappa shape index (κ2) is 7.94. The molecule has 0 aliphatic carbocycles. The van der Waals surface area contributed by atoms with Gasteiger partial charge in [-0.05, 0) is 24.1 Å². The fourth-order valence-corrected chi connectivity index (χ4v) is 2.85. The van der Waals surface area contributed by atoms with E-state index in [9.17, 15) is 13.6 Å². The van der Waals surface area contributed by atoms with Crippen molar-refractivity contribution < 1.29 is 13.6 Å². The smallest absolute Gasteiger partial charge is 0.234 e. The van der Waals surface area contributed by atoms with Crippen LogP contribution in [0.4, 0.5) is 14.5 Å². The largest absolute Gasteiger partial charge is 0.325 e. The van der Waals surface area contributed by atoms with Crippen molar-refractivity contribution in [2.45, 2.75) is 19.1 Å². The van der Waals surface area contributed by atoms with E-state index in [0.29, 0.717) is 0 Å². The van der Waals surface area contributed by atoms with E-state index < -0.39 is 11.6 Å². The van der Waals surface area contributed by atoms with Gasteiger partial charge in [-0.15, -0.1) is 11.8 Å². The number of hydrogen-bond acceptors (Lipinski definition) is 2. The molecular formula is C17H17F2NOS. The van der Waals surface area contributed by atoms with Crippen LogP contribution in [0.15, 0.2) is 42.5 Å². The summed E-state index contributed by atoms with van der Waals surface area (Å²) >= 11 is 1.25. The van der Waals surface area contributed by atoms with Gasteiger partial charge >= 0.3 is 0 Å². The molecule has 0 radical (unpaired) electrons. The van der Waals surface area contributed by atoms with E-state index in [4.69, 9.17) is 0 Å². The lowest BCUT2D eigenvalue weighted by molar-refractivity contribution is -0.113. The van der Waals surface area contributed by atoms with Gasteiger partial charge in [0.25, 0.3) is 0 Å². The van der Waals surface area contributed by atoms with Gasteiger partial charge in [-0.3, -0.25) is 4.79 Å². The summed E-state index contributed by atoms with van der Waals surface area (Å²) in [7, 11) is 0. The van der Waals surface area contributed by atoms with Gasteiger partial charge in [-0.25, -0.2) is 8.78 Å². The van der Waals surface area contributed by atoms with Crippen molar-refractivity contribution in [1.29, 1.82) is 0 Å². The summed E-state index contributed by atoms with van der Waals surface area (Å²) in [5.41, 5.74) is 2.14. The van der Waals surface area contributed by atoms with Crippen molar-refractivity contribution in [3.63, 3.8) is 0 Å². The average molecular weight is 321 g/mol. The number of nitrogens with one attached hydrogen (secondary N) is 1. The fraction of sp³-hybridized carbons (Fsp3) is 0.235. The van der Waals surface area contributed by atoms with Crippen LogP contribution in [0.2, 0.25) is 0 Å². The summed E-state index contributed by atoms with van der Waals surface area (Å²) in [6.07, 6.45) is 0.831. The highest BCUT2D eigenvalue weighted by molar-refractivity contribution is 7.99. The quantitative estimate of drug-likeness (QED) is 0.854. The molecule has 116 valence electrons. The summed E-state index contributed by atoms with van der Waals surface area (Å²) < 4.78 is 26.6. The third kappa shape index (κ3) is 4.31. The van der Waals surface area contributed by atoms with E-state index in [1.807, 2.05) is 31.2 Å². The van der Waals surface area contributed by atoms with E-state index in [-0.39, 0.29) is 23.0 Å². The van der Waals surface area contributed by atoms with Gasteiger partial charge in [0.05, 0.1) is 5.75 Å². The van der Waals surface area contributed by atoms with Gasteiger partial charge < -0.3 is 5.32 Å². The fourth-order valence-electron chi connectivity index (χ4n) is 2.05. The molecule has 0 aliphatic rings. The topological polar surface area (TPSA) is 29.1 Å². The Labute approximate surface area is 132 Å². The van der Waals surface area contributed by atoms with Crippen LogP contribution in [0.3, 0.4) is 0 Å². The van der Waals surface area contributed by atoms with Crippen molar-refractivity contribution in [2.75, 3.05) is 11.1 Å². The molecule has 2 aromatic carbocycles. The molecule has 2 rings (SSSR count). The summed E-state index contributed by atoms with van der Waals surface area (Å²) in [6, 6.07) is 11.7. The third-order valence-electron chi connectivity index (χ3n) is 3.19. The predicted molar refractivity (Wildman–Crippen MR) is 87.0 cm³/mol. The van der Waals surface area contributed by atoms with E-state index in [1.165, 1.54) is 23.9 Å². The first-order valence-corrected chi connectivity index (χ1v) is 8.15. The summed E-state index contributed by atoms with van der Waals surface area (Å²) in [5, 5.41) is 2.85. The number of anilines is 1. The van der Waals surface area contributed by atoms with E-state index >= 15 is 0 Å². The molecule has 2 nitrogen and oxygen atoms in total. The first-order valence-electron chi connectivity index (χ1n) is 7.00. The number of benzene rings is 2. The molecule has 1 amide bonds. The van der Waals surface area contributed by atoms with Crippen molar-refractivity contribution in [2.24, 2.45) is 0 Å². The molecule has 0 spiro atoms. The highest BCUT2D eigenvalue weighted by Gasteiger charge is 2.09. The highest BCUT2D eigenvalue weighted by Crippen LogP contribution is 2.19. The Morgan fingerprint density at radius 3 is 2.59 bits per heavy atom. The van der Waals surface area contributed by atoms with Gasteiger partial charge in [-0.1, -0.05) is 37.3 Å². The Balaban J connectivity index is 1.87. The van der Waals surface area contributed by atoms with Crippen molar-refractivity contribution >= 4 is 23.4 Å². The van der Waals surface area contributed by atoms with Gasteiger partial charge in [0.1, 0.15) is 0 Å². The third-order valence-corrected chi connectivity index (χ3v) is 4.18. The molecule has 0 atom stereocenters. The van der Waals surface area contributed by atoms with Crippen LogP contribution >= 0.6 is 11.8 Å². The van der Waals surface area contributed by atoms with E-state index in [2.05, 4.69) is 5.32 Å². The summed E-state index contributed by atoms with van der Waals surface area (Å²) in [5.74, 6) is -1.41. The standard InChI is InChI=1S/C17H17F2NOS/c1-2-12-6-3-4-9-15(12)20-16(21)11-22-10-13-7-5-8-14(18)17(13)19/h3-9H,2,10-11H2,1H3,(H,20,21). The van der Waals surface area contributed by atoms with Gasteiger partial charge in [0.15, 0.2) is 11.6 Å². The van der Waals surface area contributed by atoms with Gasteiger partial charge in [-0.2, -0.15) is 0 Å². The molecule has 0 bridgehead atoms. The zero-order valence-electron chi connectivity index (χ0n) is 12.2. The Morgan fingerprint density at radius 1 is 1.09 bits per heavy atom. The summed E-state index contributed by atoms with van der Waals surface area (Å²) in [4.78, 5) is 11.9. The number of para-hydroxylation sites is 1. The van der Waals surface area contributed by atoms with Gasteiger partial charge in [0, 0.05) is 17.0 Å². The normalized spacial score (nSPS) is 10.5. The highest BCUT2D eigenvalue weighted by atomic mass is 32.2. The lowest BCUT2D eigenvalue weighted by atomic mass is 10.1. The molecular weight excluding hydrogens is 304 g/mol. The van der Waals surface area contributed by atoms with Crippen LogP contribution in [0.1, 0.15) is 18.1 Å². The second-order valence-corrected chi connectivity index (χ2v) is 5.75. The zero-order chi connectivity index (χ0) is 15.9. The molecule has 0 heterocycles. The van der Waals surface area contributed by atoms with Crippen molar-refractivity contribution in [1.82, 2.24) is 0 Å². The van der Waals surface area contributed by atoms with Crippen molar-refractivity contribution in [3.05, 3.63) is 65.2 Å². The molecule has 1 N–H and O–H groups in total. The van der Waals surface area contributed by atoms with Crippen LogP contribution in [0.25, 0.3) is 0 Å². The molecule has 0 unspecified atom stereocenters. The predicted octanol–water partition coefficient (Wildman–Crippen LogP) is 4.40. The molecule has 22 heavy (non-hydrogen) atoms. The van der Waals surface area contributed by atoms with Gasteiger partial charge in [0.2, 0.25) is 5.91 Å². The first kappa shape index (κ1) is 16.5. The van der Waals surface area contributed by atoms with E-state index in [1.54, 1.807) is 0 Å². The van der Waals surface area contributed by atoms with Crippen LogP contribution < -0.4 is 5.32 Å². The molecule has 0 saturated heterocycles. The van der Waals surface area contributed by atoms with Crippen LogP contribution in [-0.4, -0.2) is 11.7 Å². The average Bonchev–Trinajstić information content (AvgIpc) is 2.52. The zero-order valence-corrected chi connectivity index (χ0v) is 13.1. The first-order chi connectivity index (χ1) is 10.6. The minimum Gasteiger partial charge on any atom is -0.325 e. The van der Waals surface area contributed by atoms with Crippen molar-refractivity contribution in [3.8, 4) is 0 Å². The molecule has 0 saturated carbocycles. The lowest BCUT2D eigenvalue weighted by Crippen LogP contribution is -2.15. The Bertz CT molecular complexity index is 661. The number of halogens is 2. The number of thioether (sulfide) groups is 1. The maximum atomic E-state index is 13.5. The number of rotatable bonds is 6. The summed E-state index contributed by atoms with van der Waals surface area (Å²) in [6.45, 7) is 2.02. The van der Waals surface area contributed by atoms with Crippen LogP contribution in [0, 0.1) is 11.6 Å². The Kier molecular flexibility index (Phi) is 5.95. The second-order valence-electron chi connectivity index (χ2n) is 4.76. The molecule has 5 heteroatoms. The number of carbonyl (C=O) groups excluding carboxylic acids is 1. The minimum absolute atomic E-state index is 0.150. The minimum atomic E-state index is -0.862. The van der Waals surface area contributed by atoms with E-state index in [0.717, 1.165) is 23.7 Å². The number of amides is 1. The molecule has 0 aromatic heterocycles. The number of aryl methyl sites for hydroxylation is 1. The van der Waals surface area contributed by atoms with Crippen LogP contribution in [-0.2, 0) is 17.0 Å². The SMILES string of the molecule is CCc1ccccc1NC(=O)CSCc1cccc(F)c1F. The maximum absolute atomic E-state index is 13.5. The molecule has 2 aromatic rings. The number of hydrogen-bond donors (Lipinski definition) is 1. The monoisotopic (exact) mass is 321 g/mol. The molecule has 0 aliphatic heterocycles. The molecule has 0 fully saturated rings. The lowest BCUT2D eigenvalue weighted by Gasteiger charge is -2.09. The maximum Gasteiger partial charge on any atom is 0.234 e. The Hall–Kier alpha value is -1.88. The Morgan fingerprint density at radius 2 is 1.82 bits per heavy atom. The number of carbonyl (C=O) groups is 1. The van der Waals surface area contributed by atoms with Crippen LogP contribution in [0.5, 0.6) is 0 Å².